The smallest absolute Gasteiger partial charge is 0.145 e. The number of anilines is 3. The van der Waals surface area contributed by atoms with Crippen LogP contribution in [0.2, 0.25) is 0 Å². The first-order chi connectivity index (χ1) is 17.1. The highest BCUT2D eigenvalue weighted by molar-refractivity contribution is 6.10. The lowest BCUT2D eigenvalue weighted by Gasteiger charge is -2.36. The number of hydrogen-bond donors (Lipinski definition) is 0. The largest absolute Gasteiger partial charge is 0.310 e. The van der Waals surface area contributed by atoms with E-state index in [0.717, 1.165) is 22.7 Å². The van der Waals surface area contributed by atoms with E-state index < -0.39 is 0 Å². The number of hydrogen-bond acceptors (Lipinski definition) is 2. The molecule has 0 bridgehead atoms. The fraction of sp³-hybridized carbons (Fsp3) is 0.0938. The molecule has 1 aliphatic heterocycles. The van der Waals surface area contributed by atoms with Gasteiger partial charge in [0.2, 0.25) is 0 Å². The highest BCUT2D eigenvalue weighted by Crippen LogP contribution is 2.48. The molecule has 3 heteroatoms. The second kappa shape index (κ2) is 7.31. The minimum absolute atomic E-state index is 0.158. The van der Waals surface area contributed by atoms with E-state index in [2.05, 4.69) is 126 Å². The maximum Gasteiger partial charge on any atom is 0.145 e. The normalized spacial score (nSPS) is 13.7. The molecule has 0 saturated carbocycles. The van der Waals surface area contributed by atoms with Gasteiger partial charge in [-0.2, -0.15) is 0 Å². The third-order valence-electron chi connectivity index (χ3n) is 7.40. The van der Waals surface area contributed by atoms with Gasteiger partial charge >= 0.3 is 0 Å². The summed E-state index contributed by atoms with van der Waals surface area (Å²) in [5.41, 5.74) is 9.40. The van der Waals surface area contributed by atoms with Crippen LogP contribution in [0.1, 0.15) is 25.0 Å². The molecule has 4 aromatic carbocycles. The van der Waals surface area contributed by atoms with Crippen molar-refractivity contribution in [2.45, 2.75) is 19.3 Å². The quantitative estimate of drug-likeness (QED) is 0.270. The van der Waals surface area contributed by atoms with Gasteiger partial charge in [0.15, 0.2) is 0 Å². The summed E-state index contributed by atoms with van der Waals surface area (Å²) >= 11 is 0. The monoisotopic (exact) mass is 451 g/mol. The Labute approximate surface area is 204 Å². The summed E-state index contributed by atoms with van der Waals surface area (Å²) in [5, 5.41) is 2.47. The van der Waals surface area contributed by atoms with Crippen molar-refractivity contribution in [1.29, 1.82) is 0 Å². The number of rotatable bonds is 3. The van der Waals surface area contributed by atoms with Crippen molar-refractivity contribution in [3.05, 3.63) is 127 Å². The van der Waals surface area contributed by atoms with Gasteiger partial charge in [0.1, 0.15) is 5.65 Å². The number of fused-ring (bicyclic) bond motifs is 5. The van der Waals surface area contributed by atoms with E-state index in [1.807, 2.05) is 12.3 Å². The second-order valence-electron chi connectivity index (χ2n) is 9.74. The third-order valence-corrected chi connectivity index (χ3v) is 7.40. The molecule has 168 valence electrons. The predicted molar refractivity (Wildman–Crippen MR) is 145 cm³/mol. The summed E-state index contributed by atoms with van der Waals surface area (Å²) in [6.45, 7) is 4.68. The van der Waals surface area contributed by atoms with Gasteiger partial charge in [0.05, 0.1) is 11.2 Å². The molecule has 3 heterocycles. The van der Waals surface area contributed by atoms with Crippen molar-refractivity contribution in [3.8, 4) is 5.69 Å². The maximum absolute atomic E-state index is 4.82. The molecule has 0 atom stereocenters. The molecule has 0 aliphatic carbocycles. The van der Waals surface area contributed by atoms with E-state index in [-0.39, 0.29) is 5.41 Å². The van der Waals surface area contributed by atoms with Crippen LogP contribution in [0, 0.1) is 0 Å². The van der Waals surface area contributed by atoms with Crippen molar-refractivity contribution in [2.24, 2.45) is 0 Å². The molecule has 0 amide bonds. The van der Waals surface area contributed by atoms with Crippen LogP contribution in [-0.4, -0.2) is 9.55 Å². The number of pyridine rings is 1. The van der Waals surface area contributed by atoms with Gasteiger partial charge in [-0.25, -0.2) is 4.98 Å². The first kappa shape index (κ1) is 20.0. The summed E-state index contributed by atoms with van der Waals surface area (Å²) in [4.78, 5) is 7.15. The maximum atomic E-state index is 4.82. The van der Waals surface area contributed by atoms with Crippen LogP contribution in [0.4, 0.5) is 17.1 Å². The zero-order valence-electron chi connectivity index (χ0n) is 19.8. The molecule has 0 spiro atoms. The van der Waals surface area contributed by atoms with Crippen LogP contribution < -0.4 is 4.90 Å². The molecule has 0 unspecified atom stereocenters. The molecule has 2 aromatic heterocycles. The highest BCUT2D eigenvalue weighted by Gasteiger charge is 2.36. The average Bonchev–Trinajstić information content (AvgIpc) is 3.24. The summed E-state index contributed by atoms with van der Waals surface area (Å²) in [6, 6.07) is 39.0. The van der Waals surface area contributed by atoms with Gasteiger partial charge in [0, 0.05) is 39.4 Å². The Hall–Kier alpha value is -4.37. The van der Waals surface area contributed by atoms with Crippen LogP contribution in [0.15, 0.2) is 115 Å². The summed E-state index contributed by atoms with van der Waals surface area (Å²) in [5.74, 6) is 0. The Balaban J connectivity index is 1.53. The van der Waals surface area contributed by atoms with Crippen molar-refractivity contribution in [1.82, 2.24) is 9.55 Å². The van der Waals surface area contributed by atoms with E-state index >= 15 is 0 Å². The number of benzene rings is 4. The van der Waals surface area contributed by atoms with E-state index in [0.29, 0.717) is 0 Å². The fourth-order valence-corrected chi connectivity index (χ4v) is 5.74. The average molecular weight is 452 g/mol. The Morgan fingerprint density at radius 3 is 2.03 bits per heavy atom. The third kappa shape index (κ3) is 2.82. The summed E-state index contributed by atoms with van der Waals surface area (Å²) < 4.78 is 2.36. The molecule has 35 heavy (non-hydrogen) atoms. The molecule has 0 saturated heterocycles. The molecular weight excluding hydrogens is 426 g/mol. The van der Waals surface area contributed by atoms with Gasteiger partial charge in [-0.15, -0.1) is 0 Å². The highest BCUT2D eigenvalue weighted by atomic mass is 15.1. The Kier molecular flexibility index (Phi) is 4.19. The Morgan fingerprint density at radius 2 is 1.31 bits per heavy atom. The van der Waals surface area contributed by atoms with Crippen molar-refractivity contribution >= 4 is 39.0 Å². The zero-order chi connectivity index (χ0) is 23.6. The van der Waals surface area contributed by atoms with E-state index in [1.54, 1.807) is 0 Å². The van der Waals surface area contributed by atoms with Crippen molar-refractivity contribution in [2.75, 3.05) is 4.90 Å². The van der Waals surface area contributed by atoms with Crippen LogP contribution in [0.3, 0.4) is 0 Å². The molecule has 0 radical (unpaired) electrons. The molecule has 0 N–H and O–H groups in total. The predicted octanol–water partition coefficient (Wildman–Crippen LogP) is 8.29. The van der Waals surface area contributed by atoms with Crippen LogP contribution in [-0.2, 0) is 5.41 Å². The van der Waals surface area contributed by atoms with Crippen molar-refractivity contribution < 1.29 is 0 Å². The van der Waals surface area contributed by atoms with Crippen LogP contribution in [0.25, 0.3) is 27.6 Å². The molecule has 1 aliphatic rings. The molecule has 3 nitrogen and oxygen atoms in total. The molecule has 0 fully saturated rings. The van der Waals surface area contributed by atoms with Crippen LogP contribution >= 0.6 is 0 Å². The lowest BCUT2D eigenvalue weighted by atomic mass is 9.74. The van der Waals surface area contributed by atoms with Gasteiger partial charge in [0.25, 0.3) is 0 Å². The topological polar surface area (TPSA) is 21.1 Å². The summed E-state index contributed by atoms with van der Waals surface area (Å²) in [6.07, 6.45) is 1.89. The molecule has 6 aromatic rings. The zero-order valence-corrected chi connectivity index (χ0v) is 19.8. The first-order valence-corrected chi connectivity index (χ1v) is 12.1. The number of para-hydroxylation sites is 3. The number of aromatic nitrogens is 2. The van der Waals surface area contributed by atoms with Gasteiger partial charge in [-0.3, -0.25) is 4.57 Å². The minimum atomic E-state index is -0.158. The number of nitrogens with zero attached hydrogens (tertiary/aromatic N) is 3. The van der Waals surface area contributed by atoms with E-state index in [9.17, 15) is 0 Å². The van der Waals surface area contributed by atoms with Crippen molar-refractivity contribution in [3.63, 3.8) is 0 Å². The molecular formula is C32H25N3. The lowest BCUT2D eigenvalue weighted by Crippen LogP contribution is -2.27. The standard InChI is InChI=1S/C32H25N3/c1-32(2)27-17-9-15-25-26-16-10-20-33-31(26)35(30(25)27)29-19-18-24(21-28(29)32)34(22-11-5-3-6-12-22)23-13-7-4-8-14-23/h3-21H,1-2H3. The first-order valence-electron chi connectivity index (χ1n) is 12.1. The van der Waals surface area contributed by atoms with E-state index in [1.165, 1.54) is 33.1 Å². The SMILES string of the molecule is CC1(C)c2cc(N(c3ccccc3)c3ccccc3)ccc2-n2c3ncccc3c3cccc1c32. The fourth-order valence-electron chi connectivity index (χ4n) is 5.74. The van der Waals surface area contributed by atoms with Gasteiger partial charge in [-0.05, 0) is 65.7 Å². The Bertz CT molecular complexity index is 1670. The summed E-state index contributed by atoms with van der Waals surface area (Å²) in [7, 11) is 0. The van der Waals surface area contributed by atoms with Gasteiger partial charge < -0.3 is 4.90 Å². The van der Waals surface area contributed by atoms with Gasteiger partial charge in [-0.1, -0.05) is 68.4 Å². The molecule has 7 rings (SSSR count). The Morgan fingerprint density at radius 1 is 0.629 bits per heavy atom. The van der Waals surface area contributed by atoms with E-state index in [4.69, 9.17) is 4.98 Å². The minimum Gasteiger partial charge on any atom is -0.310 e. The second-order valence-corrected chi connectivity index (χ2v) is 9.74. The van der Waals surface area contributed by atoms with Crippen LogP contribution in [0.5, 0.6) is 0 Å². The lowest BCUT2D eigenvalue weighted by molar-refractivity contribution is 0.630.